The van der Waals surface area contributed by atoms with Crippen LogP contribution >= 0.6 is 0 Å². The Morgan fingerprint density at radius 3 is 1.84 bits per heavy atom. The van der Waals surface area contributed by atoms with Crippen molar-refractivity contribution in [2.75, 3.05) is 0 Å². The Hall–Kier alpha value is -2.73. The molecule has 0 saturated heterocycles. The first-order valence-electron chi connectivity index (χ1n) is 8.79. The largest absolute Gasteiger partial charge is 0.530 e. The quantitative estimate of drug-likeness (QED) is 0.804. The van der Waals surface area contributed by atoms with Crippen LogP contribution in [0.4, 0.5) is 4.79 Å². The molecule has 3 rings (SSSR count). The van der Waals surface area contributed by atoms with Crippen LogP contribution in [0.2, 0.25) is 0 Å². The zero-order valence-corrected chi connectivity index (χ0v) is 14.2. The third-order valence-electron chi connectivity index (χ3n) is 5.09. The standard InChI is InChI=1S/C22H23NO2/c1-2-22(18-12-6-3-7-13-18,19-14-8-4-9-15-19)23(21(24)25)20-16-10-5-11-17-20/h1,3-4,6-9,12-15,20H,5,10-11,16-17H2,(H,24,25)/p-1. The van der Waals surface area contributed by atoms with Crippen LogP contribution in [0.25, 0.3) is 0 Å². The van der Waals surface area contributed by atoms with Gasteiger partial charge in [-0.2, -0.15) is 0 Å². The summed E-state index contributed by atoms with van der Waals surface area (Å²) >= 11 is 0. The second kappa shape index (κ2) is 7.44. The summed E-state index contributed by atoms with van der Waals surface area (Å²) < 4.78 is 0. The topological polar surface area (TPSA) is 43.4 Å². The van der Waals surface area contributed by atoms with E-state index in [0.29, 0.717) is 0 Å². The molecule has 2 aromatic carbocycles. The molecule has 0 N–H and O–H groups in total. The number of carboxylic acid groups (broad SMARTS) is 1. The molecular formula is C22H22NO2-. The maximum absolute atomic E-state index is 12.3. The highest BCUT2D eigenvalue weighted by atomic mass is 16.4. The van der Waals surface area contributed by atoms with Crippen molar-refractivity contribution in [1.82, 2.24) is 4.90 Å². The van der Waals surface area contributed by atoms with Gasteiger partial charge in [-0.15, -0.1) is 6.42 Å². The molecule has 0 atom stereocenters. The number of hydrogen-bond acceptors (Lipinski definition) is 2. The maximum Gasteiger partial charge on any atom is 0.154 e. The van der Waals surface area contributed by atoms with Gasteiger partial charge in [0.1, 0.15) is 6.09 Å². The van der Waals surface area contributed by atoms with Gasteiger partial charge in [0.15, 0.2) is 5.54 Å². The first-order chi connectivity index (χ1) is 12.2. The second-order valence-corrected chi connectivity index (χ2v) is 6.51. The molecule has 1 aliphatic rings. The van der Waals surface area contributed by atoms with Crippen LogP contribution in [0.3, 0.4) is 0 Å². The number of carbonyl (C=O) groups is 1. The zero-order valence-electron chi connectivity index (χ0n) is 14.2. The first-order valence-corrected chi connectivity index (χ1v) is 8.79. The smallest absolute Gasteiger partial charge is 0.154 e. The van der Waals surface area contributed by atoms with Crippen molar-refractivity contribution in [1.29, 1.82) is 0 Å². The molecule has 0 spiro atoms. The summed E-state index contributed by atoms with van der Waals surface area (Å²) in [5, 5.41) is 12.3. The molecule has 1 aliphatic carbocycles. The van der Waals surface area contributed by atoms with E-state index >= 15 is 0 Å². The van der Waals surface area contributed by atoms with Crippen LogP contribution < -0.4 is 5.11 Å². The summed E-state index contributed by atoms with van der Waals surface area (Å²) in [6, 6.07) is 18.8. The number of benzene rings is 2. The number of nitrogens with zero attached hydrogens (tertiary/aromatic N) is 1. The third kappa shape index (κ3) is 3.13. The number of terminal acetylenes is 1. The lowest BCUT2D eigenvalue weighted by Crippen LogP contribution is -2.59. The van der Waals surface area contributed by atoms with E-state index < -0.39 is 11.6 Å². The van der Waals surface area contributed by atoms with Crippen LogP contribution in [0.1, 0.15) is 43.2 Å². The summed E-state index contributed by atoms with van der Waals surface area (Å²) in [5.41, 5.74) is 0.376. The monoisotopic (exact) mass is 332 g/mol. The zero-order chi connectivity index (χ0) is 17.7. The Labute approximate surface area is 149 Å². The third-order valence-corrected chi connectivity index (χ3v) is 5.09. The summed E-state index contributed by atoms with van der Waals surface area (Å²) in [5.74, 6) is 2.83. The Balaban J connectivity index is 2.22. The van der Waals surface area contributed by atoms with Gasteiger partial charge >= 0.3 is 0 Å². The number of hydrogen-bond donors (Lipinski definition) is 0. The summed E-state index contributed by atoms with van der Waals surface area (Å²) in [7, 11) is 0. The van der Waals surface area contributed by atoms with Crippen molar-refractivity contribution in [2.45, 2.75) is 43.7 Å². The molecule has 128 valence electrons. The molecule has 1 amide bonds. The molecule has 0 bridgehead atoms. The lowest BCUT2D eigenvalue weighted by atomic mass is 9.79. The van der Waals surface area contributed by atoms with E-state index in [4.69, 9.17) is 6.42 Å². The predicted molar refractivity (Wildman–Crippen MR) is 96.6 cm³/mol. The van der Waals surface area contributed by atoms with E-state index in [2.05, 4.69) is 5.92 Å². The maximum atomic E-state index is 12.3. The van der Waals surface area contributed by atoms with E-state index in [9.17, 15) is 9.90 Å². The lowest BCUT2D eigenvalue weighted by molar-refractivity contribution is -0.273. The number of amides is 1. The van der Waals surface area contributed by atoms with Gasteiger partial charge in [-0.05, 0) is 24.0 Å². The van der Waals surface area contributed by atoms with Gasteiger partial charge in [-0.1, -0.05) is 85.8 Å². The summed E-state index contributed by atoms with van der Waals surface area (Å²) in [4.78, 5) is 13.7. The van der Waals surface area contributed by atoms with Crippen molar-refractivity contribution in [3.8, 4) is 12.3 Å². The van der Waals surface area contributed by atoms with Crippen LogP contribution in [0.15, 0.2) is 60.7 Å². The lowest BCUT2D eigenvalue weighted by Gasteiger charge is -2.48. The first kappa shape index (κ1) is 17.1. The Kier molecular flexibility index (Phi) is 5.09. The fourth-order valence-corrected chi connectivity index (χ4v) is 3.94. The highest BCUT2D eigenvalue weighted by Crippen LogP contribution is 2.39. The van der Waals surface area contributed by atoms with E-state index in [1.54, 1.807) is 0 Å². The van der Waals surface area contributed by atoms with Crippen LogP contribution in [0.5, 0.6) is 0 Å². The molecule has 0 unspecified atom stereocenters. The molecule has 3 nitrogen and oxygen atoms in total. The van der Waals surface area contributed by atoms with E-state index in [1.807, 2.05) is 60.7 Å². The van der Waals surface area contributed by atoms with Crippen molar-refractivity contribution in [2.24, 2.45) is 0 Å². The van der Waals surface area contributed by atoms with E-state index in [0.717, 1.165) is 43.2 Å². The number of rotatable bonds is 4. The highest BCUT2D eigenvalue weighted by molar-refractivity contribution is 5.68. The van der Waals surface area contributed by atoms with Gasteiger partial charge in [0, 0.05) is 6.04 Å². The molecule has 0 radical (unpaired) electrons. The normalized spacial score (nSPS) is 15.3. The van der Waals surface area contributed by atoms with Gasteiger partial charge in [0.25, 0.3) is 0 Å². The van der Waals surface area contributed by atoms with Gasteiger partial charge in [0.2, 0.25) is 0 Å². The molecule has 3 heteroatoms. The van der Waals surface area contributed by atoms with Crippen molar-refractivity contribution >= 4 is 6.09 Å². The van der Waals surface area contributed by atoms with E-state index in [1.165, 1.54) is 4.90 Å². The Morgan fingerprint density at radius 1 is 0.960 bits per heavy atom. The average molecular weight is 332 g/mol. The van der Waals surface area contributed by atoms with Crippen molar-refractivity contribution < 1.29 is 9.90 Å². The minimum Gasteiger partial charge on any atom is -0.530 e. The fraction of sp³-hybridized carbons (Fsp3) is 0.318. The fourth-order valence-electron chi connectivity index (χ4n) is 3.94. The van der Waals surface area contributed by atoms with Gasteiger partial charge in [-0.3, -0.25) is 0 Å². The minimum atomic E-state index is -1.21. The summed E-state index contributed by atoms with van der Waals surface area (Å²) in [6.07, 6.45) is 9.62. The van der Waals surface area contributed by atoms with Crippen LogP contribution in [-0.4, -0.2) is 17.0 Å². The second-order valence-electron chi connectivity index (χ2n) is 6.51. The Bertz CT molecular complexity index is 703. The molecule has 1 saturated carbocycles. The molecule has 1 fully saturated rings. The van der Waals surface area contributed by atoms with Crippen LogP contribution in [0, 0.1) is 12.3 Å². The molecule has 0 aromatic heterocycles. The number of carbonyl (C=O) groups excluding carboxylic acids is 1. The molecular weight excluding hydrogens is 310 g/mol. The highest BCUT2D eigenvalue weighted by Gasteiger charge is 2.42. The average Bonchev–Trinajstić information content (AvgIpc) is 2.68. The van der Waals surface area contributed by atoms with Crippen molar-refractivity contribution in [3.05, 3.63) is 71.8 Å². The molecule has 2 aromatic rings. The van der Waals surface area contributed by atoms with Gasteiger partial charge in [-0.25, -0.2) is 0 Å². The molecule has 0 heterocycles. The SMILES string of the molecule is C#CC(c1ccccc1)(c1ccccc1)N(C(=O)[O-])C1CCCCC1. The molecule has 0 aliphatic heterocycles. The van der Waals surface area contributed by atoms with Gasteiger partial charge in [0.05, 0.1) is 0 Å². The van der Waals surface area contributed by atoms with Crippen molar-refractivity contribution in [3.63, 3.8) is 0 Å². The molecule has 25 heavy (non-hydrogen) atoms. The van der Waals surface area contributed by atoms with Crippen LogP contribution in [-0.2, 0) is 5.54 Å². The Morgan fingerprint density at radius 2 is 1.44 bits per heavy atom. The minimum absolute atomic E-state index is 0.129. The predicted octanol–water partition coefficient (Wildman–Crippen LogP) is 3.54. The van der Waals surface area contributed by atoms with E-state index in [-0.39, 0.29) is 6.04 Å². The van der Waals surface area contributed by atoms with Gasteiger partial charge < -0.3 is 14.8 Å². The summed E-state index contributed by atoms with van der Waals surface area (Å²) in [6.45, 7) is 0.